The molecule has 6 heteroatoms. The molecule has 0 spiro atoms. The van der Waals surface area contributed by atoms with E-state index in [0.717, 1.165) is 0 Å². The standard InChI is InChI=1S/C6H11FO5/c7-3(1-8)5(11)6(12)4(10)2-9/h1,3-6,9-12H,2H2/t3-,4+,5+,6-/m0/s1. The Morgan fingerprint density at radius 3 is 2.08 bits per heavy atom. The first-order valence-corrected chi connectivity index (χ1v) is 3.29. The maximum Gasteiger partial charge on any atom is 0.183 e. The topological polar surface area (TPSA) is 98.0 Å². The second-order valence-electron chi connectivity index (χ2n) is 2.31. The third kappa shape index (κ3) is 2.82. The number of aldehydes is 1. The van der Waals surface area contributed by atoms with E-state index in [4.69, 9.17) is 20.4 Å². The molecule has 0 saturated heterocycles. The van der Waals surface area contributed by atoms with Crippen molar-refractivity contribution >= 4 is 6.29 Å². The van der Waals surface area contributed by atoms with E-state index in [1.807, 2.05) is 0 Å². The van der Waals surface area contributed by atoms with Crippen molar-refractivity contribution in [3.63, 3.8) is 0 Å². The Labute approximate surface area is 68.1 Å². The van der Waals surface area contributed by atoms with Gasteiger partial charge < -0.3 is 25.2 Å². The zero-order chi connectivity index (χ0) is 9.72. The first kappa shape index (κ1) is 11.4. The Morgan fingerprint density at radius 2 is 1.75 bits per heavy atom. The van der Waals surface area contributed by atoms with Crippen LogP contribution < -0.4 is 0 Å². The first-order valence-electron chi connectivity index (χ1n) is 3.29. The fourth-order valence-corrected chi connectivity index (χ4v) is 0.604. The van der Waals surface area contributed by atoms with Crippen LogP contribution >= 0.6 is 0 Å². The maximum absolute atomic E-state index is 12.3. The van der Waals surface area contributed by atoms with E-state index in [9.17, 15) is 9.18 Å². The zero-order valence-corrected chi connectivity index (χ0v) is 6.17. The average Bonchev–Trinajstić information content (AvgIpc) is 2.12. The van der Waals surface area contributed by atoms with E-state index in [1.165, 1.54) is 0 Å². The molecule has 0 radical (unpaired) electrons. The maximum atomic E-state index is 12.3. The van der Waals surface area contributed by atoms with Crippen LogP contribution in [0.2, 0.25) is 0 Å². The molecule has 0 heterocycles. The number of rotatable bonds is 5. The number of hydrogen-bond acceptors (Lipinski definition) is 5. The molecule has 72 valence electrons. The fraction of sp³-hybridized carbons (Fsp3) is 0.833. The van der Waals surface area contributed by atoms with E-state index in [1.54, 1.807) is 0 Å². The van der Waals surface area contributed by atoms with Crippen molar-refractivity contribution in [2.75, 3.05) is 6.61 Å². The first-order chi connectivity index (χ1) is 5.54. The Kier molecular flexibility index (Phi) is 4.91. The summed E-state index contributed by atoms with van der Waals surface area (Å²) in [7, 11) is 0. The zero-order valence-electron chi connectivity index (χ0n) is 6.17. The molecule has 0 aromatic rings. The van der Waals surface area contributed by atoms with Crippen LogP contribution in [0.25, 0.3) is 0 Å². The number of aliphatic hydroxyl groups is 4. The second-order valence-corrected chi connectivity index (χ2v) is 2.31. The highest BCUT2D eigenvalue weighted by atomic mass is 19.1. The Morgan fingerprint density at radius 1 is 1.25 bits per heavy atom. The number of halogens is 1. The molecular weight excluding hydrogens is 171 g/mol. The van der Waals surface area contributed by atoms with Crippen LogP contribution in [0, 0.1) is 0 Å². The monoisotopic (exact) mass is 182 g/mol. The lowest BCUT2D eigenvalue weighted by Crippen LogP contribution is -2.44. The van der Waals surface area contributed by atoms with Crippen molar-refractivity contribution in [3.05, 3.63) is 0 Å². The number of alkyl halides is 1. The molecule has 0 bridgehead atoms. The summed E-state index contributed by atoms with van der Waals surface area (Å²) < 4.78 is 12.3. The Balaban J connectivity index is 4.07. The third-order valence-electron chi connectivity index (χ3n) is 1.39. The lowest BCUT2D eigenvalue weighted by molar-refractivity contribution is -0.127. The summed E-state index contributed by atoms with van der Waals surface area (Å²) >= 11 is 0. The summed E-state index contributed by atoms with van der Waals surface area (Å²) in [6, 6.07) is 0. The number of carbonyl (C=O) groups excluding carboxylic acids is 1. The van der Waals surface area contributed by atoms with Gasteiger partial charge in [0, 0.05) is 0 Å². The van der Waals surface area contributed by atoms with Gasteiger partial charge in [0.1, 0.15) is 18.3 Å². The molecule has 0 aliphatic rings. The molecule has 0 aromatic heterocycles. The Bertz CT molecular complexity index is 142. The molecule has 4 N–H and O–H groups in total. The van der Waals surface area contributed by atoms with Crippen molar-refractivity contribution in [1.29, 1.82) is 0 Å². The van der Waals surface area contributed by atoms with Gasteiger partial charge in [-0.2, -0.15) is 0 Å². The van der Waals surface area contributed by atoms with E-state index >= 15 is 0 Å². The lowest BCUT2D eigenvalue weighted by Gasteiger charge is -2.21. The Hall–Kier alpha value is -0.560. The fourth-order valence-electron chi connectivity index (χ4n) is 0.604. The van der Waals surface area contributed by atoms with Crippen LogP contribution in [0.15, 0.2) is 0 Å². The summed E-state index contributed by atoms with van der Waals surface area (Å²) in [6.07, 6.45) is -7.99. The van der Waals surface area contributed by atoms with E-state index in [-0.39, 0.29) is 6.29 Å². The number of aliphatic hydroxyl groups excluding tert-OH is 4. The average molecular weight is 182 g/mol. The van der Waals surface area contributed by atoms with Crippen molar-refractivity contribution < 1.29 is 29.6 Å². The van der Waals surface area contributed by atoms with Crippen molar-refractivity contribution in [3.8, 4) is 0 Å². The van der Waals surface area contributed by atoms with Gasteiger partial charge >= 0.3 is 0 Å². The van der Waals surface area contributed by atoms with Crippen LogP contribution in [-0.4, -0.2) is 57.8 Å². The highest BCUT2D eigenvalue weighted by Crippen LogP contribution is 2.05. The molecule has 0 unspecified atom stereocenters. The highest BCUT2D eigenvalue weighted by Gasteiger charge is 2.30. The molecule has 0 fully saturated rings. The minimum atomic E-state index is -2.26. The summed E-state index contributed by atoms with van der Waals surface area (Å²) in [5.41, 5.74) is 0. The van der Waals surface area contributed by atoms with Crippen molar-refractivity contribution in [2.45, 2.75) is 24.5 Å². The van der Waals surface area contributed by atoms with E-state index in [2.05, 4.69) is 0 Å². The van der Waals surface area contributed by atoms with Gasteiger partial charge in [-0.05, 0) is 0 Å². The van der Waals surface area contributed by atoms with Crippen molar-refractivity contribution in [1.82, 2.24) is 0 Å². The number of hydrogen-bond donors (Lipinski definition) is 4. The minimum Gasteiger partial charge on any atom is -0.394 e. The van der Waals surface area contributed by atoms with Crippen molar-refractivity contribution in [2.24, 2.45) is 0 Å². The number of carbonyl (C=O) groups is 1. The van der Waals surface area contributed by atoms with Crippen LogP contribution in [-0.2, 0) is 4.79 Å². The molecule has 12 heavy (non-hydrogen) atoms. The van der Waals surface area contributed by atoms with Crippen LogP contribution in [0.3, 0.4) is 0 Å². The normalized spacial score (nSPS) is 21.1. The third-order valence-corrected chi connectivity index (χ3v) is 1.39. The smallest absolute Gasteiger partial charge is 0.183 e. The predicted molar refractivity (Wildman–Crippen MR) is 36.1 cm³/mol. The van der Waals surface area contributed by atoms with Crippen LogP contribution in [0.1, 0.15) is 0 Å². The SMILES string of the molecule is O=C[C@H](F)[C@@H](O)[C@@H](O)[C@H](O)CO. The van der Waals surface area contributed by atoms with E-state index < -0.39 is 31.1 Å². The molecule has 0 amide bonds. The molecule has 0 saturated carbocycles. The van der Waals surface area contributed by atoms with Gasteiger partial charge in [0.15, 0.2) is 12.5 Å². The molecule has 0 rings (SSSR count). The summed E-state index contributed by atoms with van der Waals surface area (Å²) in [5.74, 6) is 0. The molecule has 0 aliphatic heterocycles. The van der Waals surface area contributed by atoms with Crippen LogP contribution in [0.5, 0.6) is 0 Å². The van der Waals surface area contributed by atoms with Gasteiger partial charge in [-0.3, -0.25) is 0 Å². The predicted octanol–water partition coefficient (Wildman–Crippen LogP) is -2.40. The molecule has 4 atom stereocenters. The molecule has 0 aromatic carbocycles. The summed E-state index contributed by atoms with van der Waals surface area (Å²) in [5, 5.41) is 34.6. The van der Waals surface area contributed by atoms with Gasteiger partial charge in [0.25, 0.3) is 0 Å². The van der Waals surface area contributed by atoms with Crippen LogP contribution in [0.4, 0.5) is 4.39 Å². The molecule has 0 aliphatic carbocycles. The van der Waals surface area contributed by atoms with Gasteiger partial charge in [-0.15, -0.1) is 0 Å². The summed E-state index contributed by atoms with van der Waals surface area (Å²) in [6.45, 7) is -0.816. The van der Waals surface area contributed by atoms with E-state index in [0.29, 0.717) is 0 Å². The van der Waals surface area contributed by atoms with Gasteiger partial charge in [-0.25, -0.2) is 4.39 Å². The second kappa shape index (κ2) is 5.15. The minimum absolute atomic E-state index is 0.196. The lowest BCUT2D eigenvalue weighted by atomic mass is 10.1. The largest absolute Gasteiger partial charge is 0.394 e. The van der Waals surface area contributed by atoms with Gasteiger partial charge in [-0.1, -0.05) is 0 Å². The molecular formula is C6H11FO5. The molecule has 5 nitrogen and oxygen atoms in total. The quantitative estimate of drug-likeness (QED) is 0.355. The highest BCUT2D eigenvalue weighted by molar-refractivity contribution is 5.56. The van der Waals surface area contributed by atoms with Gasteiger partial charge in [0.05, 0.1) is 6.61 Å². The van der Waals surface area contributed by atoms with Gasteiger partial charge in [0.2, 0.25) is 0 Å². The summed E-state index contributed by atoms with van der Waals surface area (Å²) in [4.78, 5) is 9.77.